The highest BCUT2D eigenvalue weighted by molar-refractivity contribution is 7.18. The van der Waals surface area contributed by atoms with Crippen LogP contribution in [0.5, 0.6) is 0 Å². The van der Waals surface area contributed by atoms with Crippen molar-refractivity contribution < 1.29 is 14.3 Å². The SMILES string of the molecule is CCCCCCCCNc1nc2sc(C(O)NCCOC3C=CC=CC3)c(C)c2c(=O)o1. The first-order valence-corrected chi connectivity index (χ1v) is 12.5. The van der Waals surface area contributed by atoms with E-state index >= 15 is 0 Å². The molecule has 0 bridgehead atoms. The molecule has 0 aromatic carbocycles. The predicted octanol–water partition coefficient (Wildman–Crippen LogP) is 4.81. The molecule has 2 aromatic heterocycles. The van der Waals surface area contributed by atoms with E-state index in [2.05, 4.69) is 28.6 Å². The fraction of sp³-hybridized carbons (Fsp3) is 0.583. The molecule has 1 aliphatic rings. The van der Waals surface area contributed by atoms with Crippen LogP contribution < -0.4 is 16.3 Å². The van der Waals surface area contributed by atoms with E-state index in [1.165, 1.54) is 37.0 Å². The molecule has 0 saturated heterocycles. The van der Waals surface area contributed by atoms with Crippen LogP contribution in [-0.2, 0) is 4.74 Å². The first-order chi connectivity index (χ1) is 15.6. The standard InChI is InChI=1S/C24H35N3O4S/c1-3-4-5-6-7-11-14-26-24-27-22-19(23(29)31-24)17(2)20(32-22)21(28)25-15-16-30-18-12-9-8-10-13-18/h8-10,12,18,21,25,28H,3-7,11,13-16H2,1-2H3,(H,26,27). The van der Waals surface area contributed by atoms with Gasteiger partial charge in [-0.3, -0.25) is 5.32 Å². The minimum Gasteiger partial charge on any atom is -0.389 e. The topological polar surface area (TPSA) is 96.6 Å². The molecule has 32 heavy (non-hydrogen) atoms. The molecular formula is C24H35N3O4S. The molecule has 0 spiro atoms. The molecule has 8 heteroatoms. The molecule has 0 amide bonds. The lowest BCUT2D eigenvalue weighted by molar-refractivity contribution is 0.0707. The number of aliphatic hydroxyl groups is 1. The molecule has 0 radical (unpaired) electrons. The zero-order valence-corrected chi connectivity index (χ0v) is 19.9. The average Bonchev–Trinajstić information content (AvgIpc) is 3.13. The Bertz CT molecular complexity index is 966. The van der Waals surface area contributed by atoms with E-state index < -0.39 is 11.9 Å². The van der Waals surface area contributed by atoms with Gasteiger partial charge in [0.25, 0.3) is 6.01 Å². The number of allylic oxidation sites excluding steroid dienone is 2. The molecule has 2 atom stereocenters. The summed E-state index contributed by atoms with van der Waals surface area (Å²) in [4.78, 5) is 18.2. The number of aryl methyl sites for hydroxylation is 1. The van der Waals surface area contributed by atoms with Gasteiger partial charge in [-0.25, -0.2) is 4.79 Å². The fourth-order valence-electron chi connectivity index (χ4n) is 3.71. The van der Waals surface area contributed by atoms with Crippen molar-refractivity contribution in [3.63, 3.8) is 0 Å². The number of nitrogens with one attached hydrogen (secondary N) is 2. The average molecular weight is 462 g/mol. The van der Waals surface area contributed by atoms with E-state index in [0.717, 1.165) is 25.8 Å². The van der Waals surface area contributed by atoms with E-state index in [1.54, 1.807) is 0 Å². The van der Waals surface area contributed by atoms with E-state index in [0.29, 0.717) is 33.8 Å². The van der Waals surface area contributed by atoms with Crippen LogP contribution in [0.3, 0.4) is 0 Å². The van der Waals surface area contributed by atoms with Gasteiger partial charge in [0.15, 0.2) is 0 Å². The third kappa shape index (κ3) is 7.00. The number of aromatic nitrogens is 1. The number of hydrogen-bond donors (Lipinski definition) is 3. The van der Waals surface area contributed by atoms with Gasteiger partial charge in [0.05, 0.1) is 17.6 Å². The number of aliphatic hydroxyl groups excluding tert-OH is 1. The van der Waals surface area contributed by atoms with Crippen LogP contribution in [0.4, 0.5) is 6.01 Å². The van der Waals surface area contributed by atoms with Crippen LogP contribution in [0.25, 0.3) is 10.2 Å². The Kier molecular flexibility index (Phi) is 9.92. The first kappa shape index (κ1) is 24.6. The summed E-state index contributed by atoms with van der Waals surface area (Å²) in [5, 5.41) is 17.2. The molecule has 3 N–H and O–H groups in total. The third-order valence-corrected chi connectivity index (χ3v) is 6.77. The van der Waals surface area contributed by atoms with Crippen LogP contribution in [0.2, 0.25) is 0 Å². The number of anilines is 1. The number of thiophene rings is 1. The minimum atomic E-state index is -0.890. The number of nitrogens with zero attached hydrogens (tertiary/aromatic N) is 1. The Morgan fingerprint density at radius 1 is 1.25 bits per heavy atom. The molecule has 7 nitrogen and oxygen atoms in total. The van der Waals surface area contributed by atoms with E-state index in [4.69, 9.17) is 9.15 Å². The van der Waals surface area contributed by atoms with Gasteiger partial charge in [-0.05, 0) is 25.3 Å². The van der Waals surface area contributed by atoms with Crippen LogP contribution in [-0.4, -0.2) is 35.9 Å². The van der Waals surface area contributed by atoms with E-state index in [9.17, 15) is 9.90 Å². The lowest BCUT2D eigenvalue weighted by Crippen LogP contribution is -2.26. The Balaban J connectivity index is 1.52. The monoisotopic (exact) mass is 461 g/mol. The second kappa shape index (κ2) is 12.9. The molecule has 1 aliphatic carbocycles. The number of ether oxygens (including phenoxy) is 1. The molecule has 2 unspecified atom stereocenters. The summed E-state index contributed by atoms with van der Waals surface area (Å²) in [6.45, 7) is 5.73. The van der Waals surface area contributed by atoms with Crippen LogP contribution in [0.1, 0.15) is 68.5 Å². The largest absolute Gasteiger partial charge is 0.389 e. The van der Waals surface area contributed by atoms with E-state index in [-0.39, 0.29) is 12.1 Å². The fourth-order valence-corrected chi connectivity index (χ4v) is 4.83. The molecule has 2 aromatic rings. The second-order valence-electron chi connectivity index (χ2n) is 8.09. The number of hydrogen-bond acceptors (Lipinski definition) is 8. The third-order valence-electron chi connectivity index (χ3n) is 5.53. The summed E-state index contributed by atoms with van der Waals surface area (Å²) < 4.78 is 11.1. The van der Waals surface area contributed by atoms with Gasteiger partial charge in [0.1, 0.15) is 16.4 Å². The van der Waals surface area contributed by atoms with Gasteiger partial charge in [-0.2, -0.15) is 4.98 Å². The summed E-state index contributed by atoms with van der Waals surface area (Å²) in [6, 6.07) is 0.245. The van der Waals surface area contributed by atoms with Gasteiger partial charge < -0.3 is 19.6 Å². The zero-order chi connectivity index (χ0) is 22.8. The van der Waals surface area contributed by atoms with Crippen molar-refractivity contribution in [3.05, 3.63) is 45.2 Å². The van der Waals surface area contributed by atoms with Crippen LogP contribution in [0, 0.1) is 6.92 Å². The van der Waals surface area contributed by atoms with Crippen LogP contribution >= 0.6 is 11.3 Å². The van der Waals surface area contributed by atoms with Crippen molar-refractivity contribution >= 4 is 27.6 Å². The summed E-state index contributed by atoms with van der Waals surface area (Å²) in [5.41, 5.74) is 0.281. The number of rotatable bonds is 14. The Morgan fingerprint density at radius 2 is 2.06 bits per heavy atom. The van der Waals surface area contributed by atoms with Crippen molar-refractivity contribution in [2.24, 2.45) is 0 Å². The first-order valence-electron chi connectivity index (χ1n) is 11.6. The van der Waals surface area contributed by atoms with Gasteiger partial charge in [-0.15, -0.1) is 11.3 Å². The van der Waals surface area contributed by atoms with Gasteiger partial charge >= 0.3 is 5.63 Å². The molecule has 0 aliphatic heterocycles. The van der Waals surface area contributed by atoms with Gasteiger partial charge in [-0.1, -0.05) is 63.3 Å². The van der Waals surface area contributed by atoms with Crippen molar-refractivity contribution in [2.45, 2.75) is 71.1 Å². The maximum atomic E-state index is 12.5. The van der Waals surface area contributed by atoms with Crippen molar-refractivity contribution in [1.29, 1.82) is 0 Å². The van der Waals surface area contributed by atoms with Crippen molar-refractivity contribution in [2.75, 3.05) is 25.0 Å². The molecule has 0 saturated carbocycles. The quantitative estimate of drug-likeness (QED) is 0.274. The highest BCUT2D eigenvalue weighted by Crippen LogP contribution is 2.31. The Labute approximate surface area is 193 Å². The van der Waals surface area contributed by atoms with E-state index in [1.807, 2.05) is 25.2 Å². The Hall–Kier alpha value is -2.00. The maximum Gasteiger partial charge on any atom is 0.349 e. The van der Waals surface area contributed by atoms with Crippen molar-refractivity contribution in [3.8, 4) is 0 Å². The lowest BCUT2D eigenvalue weighted by Gasteiger charge is -2.16. The summed E-state index contributed by atoms with van der Waals surface area (Å²) >= 11 is 1.31. The maximum absolute atomic E-state index is 12.5. The Morgan fingerprint density at radius 3 is 2.84 bits per heavy atom. The highest BCUT2D eigenvalue weighted by atomic mass is 32.1. The number of fused-ring (bicyclic) bond motifs is 1. The highest BCUT2D eigenvalue weighted by Gasteiger charge is 2.20. The van der Waals surface area contributed by atoms with Crippen molar-refractivity contribution in [1.82, 2.24) is 10.3 Å². The van der Waals surface area contributed by atoms with Crippen LogP contribution in [0.15, 0.2) is 33.5 Å². The normalized spacial score (nSPS) is 16.7. The molecule has 3 rings (SSSR count). The zero-order valence-electron chi connectivity index (χ0n) is 19.1. The van der Waals surface area contributed by atoms with Gasteiger partial charge in [0.2, 0.25) is 0 Å². The summed E-state index contributed by atoms with van der Waals surface area (Å²) in [6.07, 6.45) is 15.3. The molecule has 176 valence electrons. The molecular weight excluding hydrogens is 426 g/mol. The smallest absolute Gasteiger partial charge is 0.349 e. The molecule has 0 fully saturated rings. The lowest BCUT2D eigenvalue weighted by atomic mass is 10.1. The summed E-state index contributed by atoms with van der Waals surface area (Å²) in [7, 11) is 0. The summed E-state index contributed by atoms with van der Waals surface area (Å²) in [5.74, 6) is 0. The predicted molar refractivity (Wildman–Crippen MR) is 130 cm³/mol. The molecule has 2 heterocycles. The number of unbranched alkanes of at least 4 members (excludes halogenated alkanes) is 5. The second-order valence-corrected chi connectivity index (χ2v) is 9.12. The minimum absolute atomic E-state index is 0.0844. The van der Waals surface area contributed by atoms with Gasteiger partial charge in [0, 0.05) is 13.1 Å².